The Balaban J connectivity index is 1.66. The van der Waals surface area contributed by atoms with E-state index >= 15 is 0 Å². The zero-order chi connectivity index (χ0) is 12.8. The first kappa shape index (κ1) is 11.8. The van der Waals surface area contributed by atoms with Crippen molar-refractivity contribution >= 4 is 23.2 Å². The van der Waals surface area contributed by atoms with Crippen molar-refractivity contribution in [3.63, 3.8) is 0 Å². The van der Waals surface area contributed by atoms with Crippen molar-refractivity contribution < 1.29 is 4.79 Å². The summed E-state index contributed by atoms with van der Waals surface area (Å²) in [4.78, 5) is 12.1. The second-order valence-corrected chi connectivity index (χ2v) is 5.91. The van der Waals surface area contributed by atoms with Gasteiger partial charge in [0.05, 0.1) is 16.3 Å². The van der Waals surface area contributed by atoms with Gasteiger partial charge in [0.2, 0.25) is 0 Å². The topological polar surface area (TPSA) is 55.1 Å². The fourth-order valence-corrected chi connectivity index (χ4v) is 2.87. The predicted octanol–water partition coefficient (Wildman–Crippen LogP) is 2.84. The van der Waals surface area contributed by atoms with Crippen LogP contribution >= 0.6 is 11.6 Å². The van der Waals surface area contributed by atoms with Crippen LogP contribution < -0.4 is 11.1 Å². The second-order valence-electron chi connectivity index (χ2n) is 5.53. The number of nitrogens with two attached hydrogens (primary N) is 1. The monoisotopic (exact) mass is 264 g/mol. The molecule has 0 unspecified atom stereocenters. The maximum absolute atomic E-state index is 12.1. The first-order valence-corrected chi connectivity index (χ1v) is 6.82. The first-order chi connectivity index (χ1) is 8.62. The van der Waals surface area contributed by atoms with Gasteiger partial charge in [-0.3, -0.25) is 4.79 Å². The molecule has 1 aromatic rings. The number of halogens is 1. The molecular formula is C14H17ClN2O. The highest BCUT2D eigenvalue weighted by atomic mass is 35.5. The summed E-state index contributed by atoms with van der Waals surface area (Å²) in [6, 6.07) is 5.17. The van der Waals surface area contributed by atoms with Crippen LogP contribution in [0.3, 0.4) is 0 Å². The van der Waals surface area contributed by atoms with Gasteiger partial charge in [-0.1, -0.05) is 17.7 Å². The van der Waals surface area contributed by atoms with E-state index in [1.165, 1.54) is 25.7 Å². The molecule has 18 heavy (non-hydrogen) atoms. The molecule has 0 bridgehead atoms. The van der Waals surface area contributed by atoms with Gasteiger partial charge < -0.3 is 11.1 Å². The molecule has 0 aliphatic heterocycles. The van der Waals surface area contributed by atoms with Crippen molar-refractivity contribution in [2.24, 2.45) is 11.3 Å². The average Bonchev–Trinajstić information content (AvgIpc) is 3.22. The summed E-state index contributed by atoms with van der Waals surface area (Å²) in [7, 11) is 0. The van der Waals surface area contributed by atoms with Gasteiger partial charge >= 0.3 is 0 Å². The lowest BCUT2D eigenvalue weighted by Crippen LogP contribution is -2.31. The fraction of sp³-hybridized carbons (Fsp3) is 0.500. The molecule has 3 nitrogen and oxygen atoms in total. The maximum atomic E-state index is 12.1. The van der Waals surface area contributed by atoms with Crippen LogP contribution in [0.5, 0.6) is 0 Å². The SMILES string of the molecule is Nc1cccc(C(=O)NCC2(C3CC3)CC2)c1Cl. The lowest BCUT2D eigenvalue weighted by molar-refractivity contribution is 0.0943. The summed E-state index contributed by atoms with van der Waals surface area (Å²) in [5.41, 5.74) is 7.03. The molecule has 0 spiro atoms. The van der Waals surface area contributed by atoms with Gasteiger partial charge in [0.15, 0.2) is 0 Å². The summed E-state index contributed by atoms with van der Waals surface area (Å²) in [6.07, 6.45) is 5.16. The minimum absolute atomic E-state index is 0.112. The highest BCUT2D eigenvalue weighted by Gasteiger charge is 2.53. The number of hydrogen-bond acceptors (Lipinski definition) is 2. The van der Waals surface area contributed by atoms with E-state index < -0.39 is 0 Å². The van der Waals surface area contributed by atoms with Gasteiger partial charge in [-0.25, -0.2) is 0 Å². The summed E-state index contributed by atoms with van der Waals surface area (Å²) >= 11 is 6.04. The molecule has 0 atom stereocenters. The van der Waals surface area contributed by atoms with E-state index in [1.807, 2.05) is 0 Å². The van der Waals surface area contributed by atoms with Crippen molar-refractivity contribution in [2.75, 3.05) is 12.3 Å². The zero-order valence-corrected chi connectivity index (χ0v) is 11.0. The lowest BCUT2D eigenvalue weighted by Gasteiger charge is -2.15. The van der Waals surface area contributed by atoms with Crippen molar-refractivity contribution in [1.29, 1.82) is 0 Å². The Kier molecular flexibility index (Phi) is 2.74. The lowest BCUT2D eigenvalue weighted by atomic mass is 10.0. The smallest absolute Gasteiger partial charge is 0.252 e. The van der Waals surface area contributed by atoms with E-state index in [1.54, 1.807) is 18.2 Å². The predicted molar refractivity (Wildman–Crippen MR) is 72.6 cm³/mol. The molecule has 96 valence electrons. The highest BCUT2D eigenvalue weighted by molar-refractivity contribution is 6.36. The van der Waals surface area contributed by atoms with Crippen LogP contribution in [0.2, 0.25) is 5.02 Å². The Morgan fingerprint density at radius 3 is 2.78 bits per heavy atom. The Hall–Kier alpha value is -1.22. The number of carbonyl (C=O) groups excluding carboxylic acids is 1. The minimum atomic E-state index is -0.112. The van der Waals surface area contributed by atoms with Gasteiger partial charge in [-0.05, 0) is 49.1 Å². The first-order valence-electron chi connectivity index (χ1n) is 6.45. The van der Waals surface area contributed by atoms with E-state index in [0.717, 1.165) is 12.5 Å². The van der Waals surface area contributed by atoms with E-state index in [-0.39, 0.29) is 5.91 Å². The Morgan fingerprint density at radius 2 is 2.17 bits per heavy atom. The standard InChI is InChI=1S/C14H17ClN2O/c15-12-10(2-1-3-11(12)16)13(18)17-8-14(6-7-14)9-4-5-9/h1-3,9H,4-8,16H2,(H,17,18). The number of hydrogen-bond donors (Lipinski definition) is 2. The van der Waals surface area contributed by atoms with E-state index in [2.05, 4.69) is 5.32 Å². The molecular weight excluding hydrogens is 248 g/mol. The molecule has 2 aliphatic carbocycles. The largest absolute Gasteiger partial charge is 0.398 e. The molecule has 0 heterocycles. The van der Waals surface area contributed by atoms with E-state index in [0.29, 0.717) is 21.7 Å². The quantitative estimate of drug-likeness (QED) is 0.822. The molecule has 2 saturated carbocycles. The van der Waals surface area contributed by atoms with E-state index in [9.17, 15) is 4.79 Å². The average molecular weight is 265 g/mol. The number of carbonyl (C=O) groups is 1. The molecule has 0 radical (unpaired) electrons. The normalized spacial score (nSPS) is 20.5. The minimum Gasteiger partial charge on any atom is -0.398 e. The summed E-state index contributed by atoms with van der Waals surface area (Å²) in [5.74, 6) is 0.730. The van der Waals surface area contributed by atoms with Crippen LogP contribution in [-0.2, 0) is 0 Å². The van der Waals surface area contributed by atoms with Crippen LogP contribution in [0.1, 0.15) is 36.0 Å². The zero-order valence-electron chi connectivity index (χ0n) is 10.2. The van der Waals surface area contributed by atoms with Crippen LogP contribution in [0.15, 0.2) is 18.2 Å². The van der Waals surface area contributed by atoms with Gasteiger partial charge in [0.25, 0.3) is 5.91 Å². The van der Waals surface area contributed by atoms with Crippen molar-refractivity contribution in [3.05, 3.63) is 28.8 Å². The van der Waals surface area contributed by atoms with Gasteiger partial charge in [0, 0.05) is 6.54 Å². The summed E-state index contributed by atoms with van der Waals surface area (Å²) < 4.78 is 0. The molecule has 2 fully saturated rings. The van der Waals surface area contributed by atoms with Gasteiger partial charge in [0.1, 0.15) is 0 Å². The summed E-state index contributed by atoms with van der Waals surface area (Å²) in [6.45, 7) is 0.779. The van der Waals surface area contributed by atoms with Crippen molar-refractivity contribution in [3.8, 4) is 0 Å². The summed E-state index contributed by atoms with van der Waals surface area (Å²) in [5, 5.41) is 3.37. The van der Waals surface area contributed by atoms with Crippen LogP contribution in [0.4, 0.5) is 5.69 Å². The molecule has 2 aliphatic rings. The number of anilines is 1. The Bertz CT molecular complexity index is 493. The highest BCUT2D eigenvalue weighted by Crippen LogP contribution is 2.60. The van der Waals surface area contributed by atoms with Crippen LogP contribution in [0.25, 0.3) is 0 Å². The van der Waals surface area contributed by atoms with Crippen molar-refractivity contribution in [1.82, 2.24) is 5.32 Å². The fourth-order valence-electron chi connectivity index (χ4n) is 2.66. The van der Waals surface area contributed by atoms with Crippen molar-refractivity contribution in [2.45, 2.75) is 25.7 Å². The molecule has 4 heteroatoms. The number of rotatable bonds is 4. The van der Waals surface area contributed by atoms with Gasteiger partial charge in [-0.2, -0.15) is 0 Å². The number of benzene rings is 1. The molecule has 1 aromatic carbocycles. The third kappa shape index (κ3) is 2.07. The molecule has 1 amide bonds. The van der Waals surface area contributed by atoms with E-state index in [4.69, 9.17) is 17.3 Å². The molecule has 0 aromatic heterocycles. The molecule has 3 rings (SSSR count). The van der Waals surface area contributed by atoms with Gasteiger partial charge in [-0.15, -0.1) is 0 Å². The number of nitrogen functional groups attached to an aromatic ring is 1. The maximum Gasteiger partial charge on any atom is 0.252 e. The number of nitrogens with one attached hydrogen (secondary N) is 1. The Labute approximate surface area is 112 Å². The third-order valence-corrected chi connectivity index (χ3v) is 4.63. The molecule has 3 N–H and O–H groups in total. The molecule has 0 saturated heterocycles. The third-order valence-electron chi connectivity index (χ3n) is 4.21. The Morgan fingerprint density at radius 1 is 1.44 bits per heavy atom. The number of amides is 1. The second kappa shape index (κ2) is 4.16. The van der Waals surface area contributed by atoms with Crippen LogP contribution in [-0.4, -0.2) is 12.5 Å². The van der Waals surface area contributed by atoms with Crippen LogP contribution in [0, 0.1) is 11.3 Å².